The molecule has 0 aliphatic carbocycles. The van der Waals surface area contributed by atoms with Gasteiger partial charge in [-0.1, -0.05) is 31.0 Å². The summed E-state index contributed by atoms with van der Waals surface area (Å²) in [7, 11) is 0. The summed E-state index contributed by atoms with van der Waals surface area (Å²) in [6.07, 6.45) is 4.81. The van der Waals surface area contributed by atoms with E-state index in [2.05, 4.69) is 24.5 Å². The molecule has 0 unspecified atom stereocenters. The first-order valence-corrected chi connectivity index (χ1v) is 6.70. The van der Waals surface area contributed by atoms with Crippen molar-refractivity contribution in [2.24, 2.45) is 0 Å². The average molecular weight is 250 g/mol. The lowest BCUT2D eigenvalue weighted by atomic mass is 10.3. The number of nitrogens with zero attached hydrogens (tertiary/aromatic N) is 1. The highest BCUT2D eigenvalue weighted by Gasteiger charge is 1.98. The van der Waals surface area contributed by atoms with Crippen LogP contribution in [0.4, 0.5) is 0 Å². The Balaban J connectivity index is 0. The van der Waals surface area contributed by atoms with Crippen molar-refractivity contribution < 1.29 is 5.73 Å². The van der Waals surface area contributed by atoms with E-state index in [4.69, 9.17) is 24.8 Å². The van der Waals surface area contributed by atoms with Crippen molar-refractivity contribution in [3.05, 3.63) is 0 Å². The molecule has 0 saturated carbocycles. The minimum atomic E-state index is 0.636. The number of hydrogen-bond donors (Lipinski definition) is 1. The Labute approximate surface area is 106 Å². The topological polar surface area (TPSA) is 30.9 Å². The SMILES string of the molecule is CCCCN(CCCC)C(=S)[S-].CC[NH3+]. The van der Waals surface area contributed by atoms with Crippen molar-refractivity contribution in [2.75, 3.05) is 19.6 Å². The van der Waals surface area contributed by atoms with E-state index in [0.717, 1.165) is 19.6 Å². The van der Waals surface area contributed by atoms with Crippen molar-refractivity contribution >= 4 is 29.2 Å². The fraction of sp³-hybridized carbons (Fsp3) is 0.909. The van der Waals surface area contributed by atoms with Crippen LogP contribution in [0.25, 0.3) is 0 Å². The lowest BCUT2D eigenvalue weighted by molar-refractivity contribution is -0.361. The smallest absolute Gasteiger partial charge is 0.0711 e. The van der Waals surface area contributed by atoms with E-state index in [1.54, 1.807) is 0 Å². The molecule has 0 saturated heterocycles. The molecule has 3 N–H and O–H groups in total. The van der Waals surface area contributed by atoms with Gasteiger partial charge in [-0.3, -0.25) is 0 Å². The highest BCUT2D eigenvalue weighted by atomic mass is 32.1. The Bertz CT molecular complexity index is 133. The standard InChI is InChI=1S/C9H19NS2.C2H7N/c1-3-5-7-10(9(11)12)8-6-4-2;1-2-3/h3-8H2,1-2H3,(H,11,12);2-3H2,1H3. The molecule has 2 nitrogen and oxygen atoms in total. The fourth-order valence-electron chi connectivity index (χ4n) is 0.992. The van der Waals surface area contributed by atoms with Crippen LogP contribution in [0.15, 0.2) is 0 Å². The Morgan fingerprint density at radius 1 is 1.13 bits per heavy atom. The maximum atomic E-state index is 4.98. The van der Waals surface area contributed by atoms with Gasteiger partial charge in [-0.25, -0.2) is 0 Å². The van der Waals surface area contributed by atoms with Gasteiger partial charge in [-0.05, 0) is 19.8 Å². The van der Waals surface area contributed by atoms with E-state index in [9.17, 15) is 0 Å². The summed E-state index contributed by atoms with van der Waals surface area (Å²) in [4.78, 5) is 2.14. The first kappa shape index (κ1) is 17.5. The largest absolute Gasteiger partial charge is 0.411 e. The molecular weight excluding hydrogens is 224 g/mol. The van der Waals surface area contributed by atoms with Crippen molar-refractivity contribution in [2.45, 2.75) is 46.5 Å². The van der Waals surface area contributed by atoms with Crippen LogP contribution in [-0.2, 0) is 12.6 Å². The molecule has 0 aromatic carbocycles. The predicted octanol–water partition coefficient (Wildman–Crippen LogP) is 1.97. The molecule has 0 heterocycles. The van der Waals surface area contributed by atoms with Crippen LogP contribution in [0.1, 0.15) is 46.5 Å². The summed E-state index contributed by atoms with van der Waals surface area (Å²) in [5.41, 5.74) is 3.49. The lowest BCUT2D eigenvalue weighted by Gasteiger charge is -2.28. The predicted molar refractivity (Wildman–Crippen MR) is 74.8 cm³/mol. The third kappa shape index (κ3) is 14.1. The van der Waals surface area contributed by atoms with Crippen LogP contribution < -0.4 is 5.73 Å². The molecule has 0 aromatic heterocycles. The molecule has 0 radical (unpaired) electrons. The molecule has 0 spiro atoms. The van der Waals surface area contributed by atoms with Gasteiger partial charge in [0.25, 0.3) is 0 Å². The molecule has 0 aliphatic heterocycles. The minimum Gasteiger partial charge on any atom is -0.411 e. The molecule has 0 aliphatic rings. The molecule has 0 atom stereocenters. The third-order valence-electron chi connectivity index (χ3n) is 1.82. The van der Waals surface area contributed by atoms with Crippen LogP contribution in [0.3, 0.4) is 0 Å². The first-order chi connectivity index (χ1) is 7.13. The number of quaternary nitrogens is 1. The van der Waals surface area contributed by atoms with Gasteiger partial charge in [0.05, 0.1) is 6.54 Å². The highest BCUT2D eigenvalue weighted by Crippen LogP contribution is 2.00. The molecule has 0 bridgehead atoms. The molecule has 0 rings (SSSR count). The van der Waals surface area contributed by atoms with Gasteiger partial charge in [0, 0.05) is 13.1 Å². The number of thiocarbonyl (C=S) groups is 1. The summed E-state index contributed by atoms with van der Waals surface area (Å²) in [5.74, 6) is 0. The van der Waals surface area contributed by atoms with E-state index in [-0.39, 0.29) is 0 Å². The van der Waals surface area contributed by atoms with Gasteiger partial charge in [-0.15, -0.1) is 0 Å². The van der Waals surface area contributed by atoms with Gasteiger partial charge in [0.15, 0.2) is 0 Å². The maximum Gasteiger partial charge on any atom is 0.0711 e. The summed E-state index contributed by atoms with van der Waals surface area (Å²) in [6, 6.07) is 0. The molecular formula is C11H26N2S2. The number of unbranched alkanes of at least 4 members (excludes halogenated alkanes) is 2. The Hall–Kier alpha value is 0.0700. The molecule has 92 valence electrons. The van der Waals surface area contributed by atoms with Gasteiger partial charge in [0.2, 0.25) is 0 Å². The average Bonchev–Trinajstić information content (AvgIpc) is 2.19. The normalized spacial score (nSPS) is 9.07. The van der Waals surface area contributed by atoms with Crippen molar-refractivity contribution in [3.63, 3.8) is 0 Å². The van der Waals surface area contributed by atoms with Gasteiger partial charge < -0.3 is 35.5 Å². The zero-order chi connectivity index (χ0) is 12.1. The van der Waals surface area contributed by atoms with E-state index in [1.807, 2.05) is 6.92 Å². The van der Waals surface area contributed by atoms with Crippen LogP contribution in [0.5, 0.6) is 0 Å². The van der Waals surface area contributed by atoms with Crippen LogP contribution in [0, 0.1) is 0 Å². The van der Waals surface area contributed by atoms with Crippen molar-refractivity contribution in [3.8, 4) is 0 Å². The first-order valence-electron chi connectivity index (χ1n) is 5.89. The molecule has 4 heteroatoms. The second kappa shape index (κ2) is 14.1. The van der Waals surface area contributed by atoms with Crippen molar-refractivity contribution in [1.82, 2.24) is 4.90 Å². The molecule has 0 fully saturated rings. The van der Waals surface area contributed by atoms with E-state index in [1.165, 1.54) is 25.7 Å². The van der Waals surface area contributed by atoms with Crippen LogP contribution >= 0.6 is 12.2 Å². The summed E-state index contributed by atoms with van der Waals surface area (Å²) in [5, 5.41) is 0. The second-order valence-electron chi connectivity index (χ2n) is 3.46. The summed E-state index contributed by atoms with van der Waals surface area (Å²) < 4.78 is 0.636. The zero-order valence-electron chi connectivity index (χ0n) is 10.4. The highest BCUT2D eigenvalue weighted by molar-refractivity contribution is 8.00. The van der Waals surface area contributed by atoms with Crippen molar-refractivity contribution in [1.29, 1.82) is 0 Å². The van der Waals surface area contributed by atoms with Crippen LogP contribution in [-0.4, -0.2) is 28.9 Å². The third-order valence-corrected chi connectivity index (χ3v) is 2.34. The molecule has 15 heavy (non-hydrogen) atoms. The zero-order valence-corrected chi connectivity index (χ0v) is 12.1. The Morgan fingerprint density at radius 2 is 1.47 bits per heavy atom. The Morgan fingerprint density at radius 3 is 1.67 bits per heavy atom. The Kier molecular flexibility index (Phi) is 16.4. The molecule has 0 aromatic rings. The monoisotopic (exact) mass is 250 g/mol. The number of rotatable bonds is 6. The quantitative estimate of drug-likeness (QED) is 0.577. The summed E-state index contributed by atoms with van der Waals surface area (Å²) >= 11 is 9.97. The summed E-state index contributed by atoms with van der Waals surface area (Å²) in [6.45, 7) is 9.46. The number of hydrogen-bond acceptors (Lipinski definition) is 2. The van der Waals surface area contributed by atoms with E-state index >= 15 is 0 Å². The van der Waals surface area contributed by atoms with E-state index < -0.39 is 0 Å². The van der Waals surface area contributed by atoms with E-state index in [0.29, 0.717) is 4.32 Å². The second-order valence-corrected chi connectivity index (χ2v) is 4.49. The van der Waals surface area contributed by atoms with Gasteiger partial charge in [-0.2, -0.15) is 0 Å². The maximum absolute atomic E-state index is 4.98. The minimum absolute atomic E-state index is 0.636. The lowest BCUT2D eigenvalue weighted by Crippen LogP contribution is -2.48. The van der Waals surface area contributed by atoms with Crippen LogP contribution in [0.2, 0.25) is 0 Å². The van der Waals surface area contributed by atoms with Gasteiger partial charge in [0.1, 0.15) is 0 Å². The fourth-order valence-corrected chi connectivity index (χ4v) is 1.36. The molecule has 0 amide bonds. The van der Waals surface area contributed by atoms with Gasteiger partial charge >= 0.3 is 0 Å².